The smallest absolute Gasteiger partial charge is 0.281 e. The average Bonchev–Trinajstić information content (AvgIpc) is 3.09. The number of benzene rings is 1. The van der Waals surface area contributed by atoms with Gasteiger partial charge in [-0.2, -0.15) is 17.0 Å². The fourth-order valence-electron chi connectivity index (χ4n) is 3.87. The Hall–Kier alpha value is -1.44. The van der Waals surface area contributed by atoms with Crippen molar-refractivity contribution in [2.45, 2.75) is 45.1 Å². The molecule has 1 fully saturated rings. The van der Waals surface area contributed by atoms with Crippen LogP contribution in [0.25, 0.3) is 0 Å². The summed E-state index contributed by atoms with van der Waals surface area (Å²) in [6.45, 7) is 2.72. The number of hydrogen-bond acceptors (Lipinski definition) is 3. The zero-order valence-corrected chi connectivity index (χ0v) is 16.7. The van der Waals surface area contributed by atoms with Crippen molar-refractivity contribution < 1.29 is 13.2 Å². The Labute approximate surface area is 156 Å². The molecule has 2 aliphatic rings. The molecule has 0 bridgehead atoms. The van der Waals surface area contributed by atoms with Gasteiger partial charge in [-0.1, -0.05) is 18.2 Å². The molecule has 0 saturated carbocycles. The number of carbonyl (C=O) groups is 1. The minimum absolute atomic E-state index is 0.0587. The SMILES string of the molecule is C[C@H](NC(=O)[C@@H]1CCCN(S(=O)(=O)N(C)C)C1)c1ccc2c(c1)CCC2. The fourth-order valence-corrected chi connectivity index (χ4v) is 5.06. The Bertz CT molecular complexity index is 776. The van der Waals surface area contributed by atoms with Gasteiger partial charge < -0.3 is 5.32 Å². The van der Waals surface area contributed by atoms with E-state index in [0.717, 1.165) is 24.8 Å². The van der Waals surface area contributed by atoms with Crippen molar-refractivity contribution >= 4 is 16.1 Å². The van der Waals surface area contributed by atoms with Gasteiger partial charge in [0.05, 0.1) is 12.0 Å². The second kappa shape index (κ2) is 7.66. The van der Waals surface area contributed by atoms with Crippen LogP contribution in [-0.2, 0) is 27.8 Å². The largest absolute Gasteiger partial charge is 0.349 e. The molecule has 1 amide bonds. The number of carbonyl (C=O) groups excluding carboxylic acids is 1. The predicted octanol–water partition coefficient (Wildman–Crippen LogP) is 1.87. The quantitative estimate of drug-likeness (QED) is 0.849. The van der Waals surface area contributed by atoms with Crippen LogP contribution in [-0.4, -0.2) is 50.1 Å². The average molecular weight is 380 g/mol. The number of nitrogens with zero attached hydrogens (tertiary/aromatic N) is 2. The Kier molecular flexibility index (Phi) is 5.69. The van der Waals surface area contributed by atoms with E-state index in [9.17, 15) is 13.2 Å². The van der Waals surface area contributed by atoms with Crippen molar-refractivity contribution in [3.63, 3.8) is 0 Å². The highest BCUT2D eigenvalue weighted by Gasteiger charge is 2.33. The third-order valence-corrected chi connectivity index (χ3v) is 7.43. The summed E-state index contributed by atoms with van der Waals surface area (Å²) < 4.78 is 27.3. The van der Waals surface area contributed by atoms with Crippen molar-refractivity contribution in [2.24, 2.45) is 5.92 Å². The van der Waals surface area contributed by atoms with Crippen LogP contribution in [0.5, 0.6) is 0 Å². The van der Waals surface area contributed by atoms with Gasteiger partial charge in [-0.3, -0.25) is 4.79 Å². The van der Waals surface area contributed by atoms with E-state index in [-0.39, 0.29) is 24.4 Å². The van der Waals surface area contributed by atoms with Crippen LogP contribution in [0.15, 0.2) is 18.2 Å². The van der Waals surface area contributed by atoms with Gasteiger partial charge in [0.15, 0.2) is 0 Å². The van der Waals surface area contributed by atoms with Crippen LogP contribution >= 0.6 is 0 Å². The lowest BCUT2D eigenvalue weighted by Gasteiger charge is -2.33. The summed E-state index contributed by atoms with van der Waals surface area (Å²) >= 11 is 0. The molecule has 0 radical (unpaired) electrons. The molecule has 1 N–H and O–H groups in total. The molecule has 144 valence electrons. The number of fused-ring (bicyclic) bond motifs is 1. The molecule has 6 nitrogen and oxygen atoms in total. The molecule has 1 saturated heterocycles. The summed E-state index contributed by atoms with van der Waals surface area (Å²) in [6.07, 6.45) is 4.90. The standard InChI is InChI=1S/C19H29N3O3S/c1-14(16-10-9-15-6-4-7-17(15)12-16)20-19(23)18-8-5-11-22(13-18)26(24,25)21(2)3/h9-10,12,14,18H,4-8,11,13H2,1-3H3,(H,20,23)/t14-,18+/m0/s1. The van der Waals surface area contributed by atoms with E-state index in [1.54, 1.807) is 0 Å². The van der Waals surface area contributed by atoms with E-state index in [2.05, 4.69) is 23.5 Å². The molecule has 26 heavy (non-hydrogen) atoms. The van der Waals surface area contributed by atoms with Crippen molar-refractivity contribution in [2.75, 3.05) is 27.2 Å². The highest BCUT2D eigenvalue weighted by molar-refractivity contribution is 7.86. The molecule has 7 heteroatoms. The summed E-state index contributed by atoms with van der Waals surface area (Å²) in [5.41, 5.74) is 3.93. The molecule has 2 atom stereocenters. The molecule has 3 rings (SSSR count). The van der Waals surface area contributed by atoms with Crippen LogP contribution in [0.3, 0.4) is 0 Å². The minimum Gasteiger partial charge on any atom is -0.349 e. The maximum atomic E-state index is 12.7. The summed E-state index contributed by atoms with van der Waals surface area (Å²) in [5, 5.41) is 3.08. The minimum atomic E-state index is -3.47. The molecule has 1 aliphatic carbocycles. The van der Waals surface area contributed by atoms with Crippen molar-refractivity contribution in [1.29, 1.82) is 0 Å². The van der Waals surface area contributed by atoms with Gasteiger partial charge >= 0.3 is 0 Å². The van der Waals surface area contributed by atoms with E-state index in [1.165, 1.54) is 40.3 Å². The van der Waals surface area contributed by atoms with Gasteiger partial charge in [0, 0.05) is 27.2 Å². The van der Waals surface area contributed by atoms with Crippen LogP contribution in [0.1, 0.15) is 48.9 Å². The van der Waals surface area contributed by atoms with E-state index in [0.29, 0.717) is 13.0 Å². The molecular weight excluding hydrogens is 350 g/mol. The van der Waals surface area contributed by atoms with Crippen molar-refractivity contribution in [3.05, 3.63) is 34.9 Å². The lowest BCUT2D eigenvalue weighted by Crippen LogP contribution is -2.49. The van der Waals surface area contributed by atoms with Crippen LogP contribution in [0.4, 0.5) is 0 Å². The van der Waals surface area contributed by atoms with Gasteiger partial charge in [-0.05, 0) is 55.7 Å². The third kappa shape index (κ3) is 3.94. The summed E-state index contributed by atoms with van der Waals surface area (Å²) in [4.78, 5) is 12.7. The molecule has 1 aromatic carbocycles. The Morgan fingerprint density at radius 2 is 1.96 bits per heavy atom. The normalized spacial score (nSPS) is 22.2. The molecule has 1 aromatic rings. The number of amides is 1. The third-order valence-electron chi connectivity index (χ3n) is 5.52. The second-order valence-corrected chi connectivity index (χ2v) is 9.74. The summed E-state index contributed by atoms with van der Waals surface area (Å²) in [5.74, 6) is -0.355. The highest BCUT2D eigenvalue weighted by atomic mass is 32.2. The number of hydrogen-bond donors (Lipinski definition) is 1. The summed E-state index contributed by atoms with van der Waals surface area (Å²) in [6, 6.07) is 6.40. The van der Waals surface area contributed by atoms with E-state index >= 15 is 0 Å². The molecule has 0 spiro atoms. The predicted molar refractivity (Wildman–Crippen MR) is 102 cm³/mol. The van der Waals surface area contributed by atoms with Gasteiger partial charge in [-0.25, -0.2) is 0 Å². The Morgan fingerprint density at radius 3 is 2.69 bits per heavy atom. The first-order valence-corrected chi connectivity index (χ1v) is 10.8. The zero-order valence-electron chi connectivity index (χ0n) is 15.9. The van der Waals surface area contributed by atoms with E-state index in [4.69, 9.17) is 0 Å². The van der Waals surface area contributed by atoms with E-state index in [1.807, 2.05) is 6.92 Å². The number of aryl methyl sites for hydroxylation is 2. The zero-order chi connectivity index (χ0) is 18.9. The Morgan fingerprint density at radius 1 is 1.23 bits per heavy atom. The first-order chi connectivity index (χ1) is 12.3. The maximum Gasteiger partial charge on any atom is 0.281 e. The Balaban J connectivity index is 1.64. The van der Waals surface area contributed by atoms with Gasteiger partial charge in [0.25, 0.3) is 10.2 Å². The van der Waals surface area contributed by atoms with E-state index < -0.39 is 10.2 Å². The number of piperidine rings is 1. The van der Waals surface area contributed by atoms with Crippen molar-refractivity contribution in [1.82, 2.24) is 13.9 Å². The molecule has 0 aromatic heterocycles. The monoisotopic (exact) mass is 379 g/mol. The molecule has 1 aliphatic heterocycles. The van der Waals surface area contributed by atoms with Gasteiger partial charge in [0.1, 0.15) is 0 Å². The van der Waals surface area contributed by atoms with Crippen molar-refractivity contribution in [3.8, 4) is 0 Å². The molecule has 1 heterocycles. The fraction of sp³-hybridized carbons (Fsp3) is 0.632. The second-order valence-electron chi connectivity index (χ2n) is 7.60. The first-order valence-electron chi connectivity index (χ1n) is 9.38. The molecular formula is C19H29N3O3S. The highest BCUT2D eigenvalue weighted by Crippen LogP contribution is 2.26. The van der Waals surface area contributed by atoms with Crippen LogP contribution < -0.4 is 5.32 Å². The molecule has 0 unspecified atom stereocenters. The number of rotatable bonds is 5. The summed E-state index contributed by atoms with van der Waals surface area (Å²) in [7, 11) is -0.422. The first kappa shape index (κ1) is 19.3. The van der Waals surface area contributed by atoms with Crippen LogP contribution in [0.2, 0.25) is 0 Å². The lowest BCUT2D eigenvalue weighted by atomic mass is 9.97. The van der Waals surface area contributed by atoms with Gasteiger partial charge in [0.2, 0.25) is 5.91 Å². The number of nitrogens with one attached hydrogen (secondary N) is 1. The topological polar surface area (TPSA) is 69.7 Å². The maximum absolute atomic E-state index is 12.7. The van der Waals surface area contributed by atoms with Crippen LogP contribution in [0, 0.1) is 5.92 Å². The van der Waals surface area contributed by atoms with Gasteiger partial charge in [-0.15, -0.1) is 0 Å². The lowest BCUT2D eigenvalue weighted by molar-refractivity contribution is -0.126.